The zero-order valence-electron chi connectivity index (χ0n) is 17.0. The van der Waals surface area contributed by atoms with Crippen molar-refractivity contribution < 1.29 is 17.6 Å². The average molecular weight is 462 g/mol. The molecule has 0 saturated heterocycles. The Labute approximate surface area is 184 Å². The van der Waals surface area contributed by atoms with Crippen LogP contribution in [0.5, 0.6) is 0 Å². The molecule has 32 heavy (non-hydrogen) atoms. The lowest BCUT2D eigenvalue weighted by molar-refractivity contribution is 0.123. The van der Waals surface area contributed by atoms with Gasteiger partial charge in [-0.15, -0.1) is 0 Å². The maximum Gasteiger partial charge on any atom is 0.253 e. The minimum Gasteiger partial charge on any atom is -0.378 e. The second-order valence-electron chi connectivity index (χ2n) is 8.26. The van der Waals surface area contributed by atoms with E-state index in [4.69, 9.17) is 5.73 Å². The number of nitrogens with two attached hydrogens (primary N) is 1. The van der Waals surface area contributed by atoms with Crippen LogP contribution in [0.4, 0.5) is 29.1 Å². The molecule has 2 aliphatic rings. The Bertz CT molecular complexity index is 1280. The number of hydrogen-bond donors (Lipinski definition) is 2. The molecule has 3 N–H and O–H groups in total. The maximum absolute atomic E-state index is 14.9. The van der Waals surface area contributed by atoms with Crippen molar-refractivity contribution in [3.05, 3.63) is 53.5 Å². The molecular formula is C21H18F4N6S. The van der Waals surface area contributed by atoms with Gasteiger partial charge in [-0.3, -0.25) is 9.98 Å². The molecule has 1 aliphatic carbocycles. The molecule has 3 atom stereocenters. The van der Waals surface area contributed by atoms with E-state index in [1.54, 1.807) is 6.20 Å². The maximum atomic E-state index is 14.9. The molecule has 3 aromatic rings. The highest BCUT2D eigenvalue weighted by Crippen LogP contribution is 2.68. The summed E-state index contributed by atoms with van der Waals surface area (Å²) in [5.74, 6) is -2.66. The predicted molar refractivity (Wildman–Crippen MR) is 115 cm³/mol. The number of hydrogen-bond acceptors (Lipinski definition) is 7. The number of aliphatic imine (C=N–C) groups is 1. The first kappa shape index (κ1) is 20.9. The summed E-state index contributed by atoms with van der Waals surface area (Å²) in [5.41, 5.74) is 6.38. The number of amidine groups is 1. The summed E-state index contributed by atoms with van der Waals surface area (Å²) in [6.07, 6.45) is 0.414. The largest absolute Gasteiger partial charge is 0.378 e. The minimum atomic E-state index is -2.66. The van der Waals surface area contributed by atoms with Gasteiger partial charge in [0.15, 0.2) is 22.6 Å². The smallest absolute Gasteiger partial charge is 0.253 e. The fraction of sp³-hybridized carbons (Fsp3) is 0.333. The summed E-state index contributed by atoms with van der Waals surface area (Å²) in [4.78, 5) is 17.0. The van der Waals surface area contributed by atoms with Crippen molar-refractivity contribution >= 4 is 39.5 Å². The van der Waals surface area contributed by atoms with Crippen LogP contribution in [0, 0.1) is 24.5 Å². The first-order valence-electron chi connectivity index (χ1n) is 9.80. The lowest BCUT2D eigenvalue weighted by Crippen LogP contribution is -2.39. The van der Waals surface area contributed by atoms with Crippen molar-refractivity contribution in [3.8, 4) is 0 Å². The number of nitrogens with zero attached hydrogens (tertiary/aromatic N) is 4. The summed E-state index contributed by atoms with van der Waals surface area (Å²) in [5, 5.41) is 2.88. The van der Waals surface area contributed by atoms with E-state index in [9.17, 15) is 17.6 Å². The number of aromatic nitrogens is 3. The SMILES string of the molecule is Cc1cnc2c(Nc3cc(F)c(F)c([C@@]4(C)N=C(N)S[C@@]5(C(F)F)C[C@@H]45)c3)ncnc2c1. The van der Waals surface area contributed by atoms with Gasteiger partial charge in [0.05, 0.1) is 15.8 Å². The van der Waals surface area contributed by atoms with Crippen molar-refractivity contribution in [2.75, 3.05) is 5.32 Å². The molecule has 3 heterocycles. The summed E-state index contributed by atoms with van der Waals surface area (Å²) >= 11 is 0.808. The number of aryl methyl sites for hydroxylation is 1. The van der Waals surface area contributed by atoms with Crippen LogP contribution >= 0.6 is 11.8 Å². The van der Waals surface area contributed by atoms with Crippen LogP contribution in [0.3, 0.4) is 0 Å². The second kappa shape index (κ2) is 7.03. The van der Waals surface area contributed by atoms with Gasteiger partial charge in [-0.1, -0.05) is 11.8 Å². The third-order valence-electron chi connectivity index (χ3n) is 6.09. The number of thioether (sulfide) groups is 1. The summed E-state index contributed by atoms with van der Waals surface area (Å²) in [6.45, 7) is 3.39. The van der Waals surface area contributed by atoms with Gasteiger partial charge in [0.1, 0.15) is 11.8 Å². The van der Waals surface area contributed by atoms with Crippen molar-refractivity contribution in [2.24, 2.45) is 16.6 Å². The molecule has 0 bridgehead atoms. The number of pyridine rings is 1. The molecule has 0 unspecified atom stereocenters. The molecule has 0 amide bonds. The molecule has 11 heteroatoms. The van der Waals surface area contributed by atoms with E-state index in [1.165, 1.54) is 19.3 Å². The zero-order chi connectivity index (χ0) is 22.8. The summed E-state index contributed by atoms with van der Waals surface area (Å²) in [6, 6.07) is 4.16. The fourth-order valence-electron chi connectivity index (χ4n) is 4.41. The quantitative estimate of drug-likeness (QED) is 0.549. The summed E-state index contributed by atoms with van der Waals surface area (Å²) < 4.78 is 55.7. The lowest BCUT2D eigenvalue weighted by Gasteiger charge is -2.34. The molecule has 166 valence electrons. The highest BCUT2D eigenvalue weighted by molar-refractivity contribution is 8.15. The molecular weight excluding hydrogens is 444 g/mol. The Morgan fingerprint density at radius 3 is 2.72 bits per heavy atom. The van der Waals surface area contributed by atoms with Gasteiger partial charge in [-0.2, -0.15) is 0 Å². The molecule has 1 fully saturated rings. The Balaban J connectivity index is 1.59. The standard InChI is InChI=1S/C21H18F4N6S/c1-9-3-13-16(27-7-9)17(29-8-28-13)30-10-4-11(15(23)12(22)5-10)20(2)14-6-21(14,18(24)25)32-19(26)31-20/h3-5,7-8,14,18H,6H2,1-2H3,(H2,26,31)(H,28,29,30)/t14-,20+,21-/m0/s1. The third kappa shape index (κ3) is 3.09. The molecule has 2 aromatic heterocycles. The number of anilines is 2. The van der Waals surface area contributed by atoms with E-state index in [1.807, 2.05) is 13.0 Å². The number of nitrogens with one attached hydrogen (secondary N) is 1. The van der Waals surface area contributed by atoms with Crippen LogP contribution in [0.15, 0.2) is 35.7 Å². The predicted octanol–water partition coefficient (Wildman–Crippen LogP) is 4.66. The van der Waals surface area contributed by atoms with Crippen LogP contribution in [0.2, 0.25) is 0 Å². The van der Waals surface area contributed by atoms with E-state index < -0.39 is 34.3 Å². The van der Waals surface area contributed by atoms with Crippen molar-refractivity contribution in [3.63, 3.8) is 0 Å². The number of alkyl halides is 2. The average Bonchev–Trinajstić information content (AvgIpc) is 3.47. The Kier molecular flexibility index (Phi) is 4.59. The first-order chi connectivity index (χ1) is 15.1. The molecule has 0 spiro atoms. The van der Waals surface area contributed by atoms with Gasteiger partial charge < -0.3 is 11.1 Å². The van der Waals surface area contributed by atoms with Crippen molar-refractivity contribution in [2.45, 2.75) is 37.0 Å². The van der Waals surface area contributed by atoms with Crippen molar-refractivity contribution in [1.82, 2.24) is 15.0 Å². The van der Waals surface area contributed by atoms with Crippen LogP contribution in [-0.2, 0) is 5.54 Å². The fourth-order valence-corrected chi connectivity index (χ4v) is 5.74. The Morgan fingerprint density at radius 2 is 1.97 bits per heavy atom. The van der Waals surface area contributed by atoms with Gasteiger partial charge in [-0.05, 0) is 38.0 Å². The number of benzene rings is 1. The second-order valence-corrected chi connectivity index (χ2v) is 9.64. The van der Waals surface area contributed by atoms with Gasteiger partial charge >= 0.3 is 0 Å². The molecule has 6 nitrogen and oxygen atoms in total. The van der Waals surface area contributed by atoms with E-state index in [2.05, 4.69) is 25.3 Å². The Morgan fingerprint density at radius 1 is 1.19 bits per heavy atom. The third-order valence-corrected chi connectivity index (χ3v) is 7.40. The first-order valence-corrected chi connectivity index (χ1v) is 10.6. The van der Waals surface area contributed by atoms with Gasteiger partial charge in [0.2, 0.25) is 0 Å². The Hall–Kier alpha value is -2.95. The number of fused-ring (bicyclic) bond motifs is 2. The van der Waals surface area contributed by atoms with Crippen molar-refractivity contribution in [1.29, 1.82) is 0 Å². The molecule has 1 aromatic carbocycles. The molecule has 1 aliphatic heterocycles. The van der Waals surface area contributed by atoms with Gasteiger partial charge in [0, 0.05) is 29.4 Å². The van der Waals surface area contributed by atoms with Crippen LogP contribution in [-0.4, -0.2) is 31.3 Å². The highest BCUT2D eigenvalue weighted by Gasteiger charge is 2.71. The molecule has 1 saturated carbocycles. The van der Waals surface area contributed by atoms with E-state index >= 15 is 0 Å². The highest BCUT2D eigenvalue weighted by atomic mass is 32.2. The summed E-state index contributed by atoms with van der Waals surface area (Å²) in [7, 11) is 0. The van der Waals surface area contributed by atoms with Gasteiger partial charge in [-0.25, -0.2) is 27.5 Å². The monoisotopic (exact) mass is 462 g/mol. The zero-order valence-corrected chi connectivity index (χ0v) is 17.9. The van der Waals surface area contributed by atoms with E-state index in [-0.39, 0.29) is 22.8 Å². The van der Waals surface area contributed by atoms with Gasteiger partial charge in [0.25, 0.3) is 6.43 Å². The van der Waals surface area contributed by atoms with E-state index in [0.29, 0.717) is 16.9 Å². The number of rotatable bonds is 4. The molecule has 5 rings (SSSR count). The normalized spacial score (nSPS) is 26.7. The van der Waals surface area contributed by atoms with Crippen LogP contribution in [0.25, 0.3) is 11.0 Å². The topological polar surface area (TPSA) is 89.1 Å². The van der Waals surface area contributed by atoms with Crippen LogP contribution < -0.4 is 11.1 Å². The minimum absolute atomic E-state index is 0.0684. The molecule has 0 radical (unpaired) electrons. The van der Waals surface area contributed by atoms with Crippen LogP contribution in [0.1, 0.15) is 24.5 Å². The lowest BCUT2D eigenvalue weighted by atomic mass is 9.85. The van der Waals surface area contributed by atoms with E-state index in [0.717, 1.165) is 23.4 Å². The number of halogens is 4.